The smallest absolute Gasteiger partial charge is 0.101 e. The Bertz CT molecular complexity index is 269. The minimum Gasteiger partial charge on any atom is -0.634 e. The number of aliphatic hydroxyl groups excluding tert-OH is 1. The summed E-state index contributed by atoms with van der Waals surface area (Å²) in [6, 6.07) is 0. The molecule has 0 aliphatic heterocycles. The van der Waals surface area contributed by atoms with Crippen molar-refractivity contribution in [3.05, 3.63) is 5.21 Å². The molecule has 0 rings (SSSR count). The molecule has 0 fully saturated rings. The molecule has 0 aliphatic carbocycles. The predicted octanol–water partition coefficient (Wildman–Crippen LogP) is 5.40. The van der Waals surface area contributed by atoms with Crippen molar-refractivity contribution in [2.24, 2.45) is 0 Å². The van der Waals surface area contributed by atoms with Crippen LogP contribution in [0.2, 0.25) is 0 Å². The van der Waals surface area contributed by atoms with Crippen molar-refractivity contribution in [1.82, 2.24) is 0 Å². The Morgan fingerprint density at radius 3 is 1.40 bits per heavy atom. The largest absolute Gasteiger partial charge is 0.634 e. The Morgan fingerprint density at radius 1 is 0.680 bits per heavy atom. The van der Waals surface area contributed by atoms with Crippen molar-refractivity contribution in [3.8, 4) is 0 Å². The van der Waals surface area contributed by atoms with E-state index in [1.165, 1.54) is 89.9 Å². The Balaban J connectivity index is 3.26. The average molecular weight is 358 g/mol. The van der Waals surface area contributed by atoms with E-state index in [-0.39, 0.29) is 17.2 Å². The van der Waals surface area contributed by atoms with Crippen LogP contribution in [0.3, 0.4) is 0 Å². The first kappa shape index (κ1) is 24.9. The molecule has 0 amide bonds. The van der Waals surface area contributed by atoms with E-state index in [0.717, 1.165) is 12.8 Å². The Hall–Kier alpha value is -0.120. The summed E-state index contributed by atoms with van der Waals surface area (Å²) in [6.45, 7) is 6.62. The maximum atomic E-state index is 11.9. The molecule has 2 N–H and O–H groups in total. The monoisotopic (exact) mass is 357 g/mol. The molecule has 0 aliphatic rings. The van der Waals surface area contributed by atoms with Gasteiger partial charge in [-0.05, 0) is 20.3 Å². The molecule has 0 radical (unpaired) electrons. The van der Waals surface area contributed by atoms with Gasteiger partial charge in [0.15, 0.2) is 0 Å². The highest BCUT2D eigenvalue weighted by Crippen LogP contribution is 2.15. The Morgan fingerprint density at radius 2 is 1.04 bits per heavy atom. The SMILES string of the molecule is CCCCCCCCCCCCCCCCCC(C)(C)[NH+]([O-])CCO. The van der Waals surface area contributed by atoms with Crippen LogP contribution >= 0.6 is 0 Å². The molecule has 0 bridgehead atoms. The fraction of sp³-hybridized carbons (Fsp3) is 1.00. The molecule has 3 nitrogen and oxygen atoms in total. The van der Waals surface area contributed by atoms with Gasteiger partial charge in [-0.3, -0.25) is 0 Å². The lowest BCUT2D eigenvalue weighted by Crippen LogP contribution is -3.15. The molecule has 0 aromatic rings. The van der Waals surface area contributed by atoms with Gasteiger partial charge in [0.05, 0.1) is 12.1 Å². The third-order valence-electron chi connectivity index (χ3n) is 5.50. The van der Waals surface area contributed by atoms with Crippen LogP contribution in [0.4, 0.5) is 0 Å². The zero-order valence-electron chi connectivity index (χ0n) is 17.6. The van der Waals surface area contributed by atoms with Crippen LogP contribution in [0.25, 0.3) is 0 Å². The highest BCUT2D eigenvalue weighted by molar-refractivity contribution is 4.66. The summed E-state index contributed by atoms with van der Waals surface area (Å²) in [5.41, 5.74) is -0.251. The summed E-state index contributed by atoms with van der Waals surface area (Å²) in [5.74, 6) is 0. The van der Waals surface area contributed by atoms with Gasteiger partial charge in [-0.15, -0.1) is 0 Å². The van der Waals surface area contributed by atoms with Crippen molar-refractivity contribution in [2.75, 3.05) is 13.2 Å². The third kappa shape index (κ3) is 15.8. The van der Waals surface area contributed by atoms with Crippen LogP contribution in [0.5, 0.6) is 0 Å². The van der Waals surface area contributed by atoms with Crippen LogP contribution in [0.15, 0.2) is 0 Å². The summed E-state index contributed by atoms with van der Waals surface area (Å²) >= 11 is 0. The van der Waals surface area contributed by atoms with Crippen molar-refractivity contribution in [1.29, 1.82) is 0 Å². The predicted molar refractivity (Wildman–Crippen MR) is 110 cm³/mol. The van der Waals surface area contributed by atoms with Crippen molar-refractivity contribution in [3.63, 3.8) is 0 Å². The first-order chi connectivity index (χ1) is 12.0. The highest BCUT2D eigenvalue weighted by atomic mass is 16.5. The normalized spacial score (nSPS) is 13.3. The molecule has 1 unspecified atom stereocenters. The molecular weight excluding hydrogens is 310 g/mol. The number of hydrogen-bond acceptors (Lipinski definition) is 2. The molecule has 25 heavy (non-hydrogen) atoms. The van der Waals surface area contributed by atoms with Gasteiger partial charge < -0.3 is 15.4 Å². The number of unbranched alkanes of at least 4 members (excludes halogenated alkanes) is 14. The second kappa shape index (κ2) is 17.3. The maximum absolute atomic E-state index is 11.9. The van der Waals surface area contributed by atoms with E-state index >= 15 is 0 Å². The molecule has 0 aromatic carbocycles. The summed E-state index contributed by atoms with van der Waals surface area (Å²) in [7, 11) is 0. The van der Waals surface area contributed by atoms with E-state index in [2.05, 4.69) is 6.92 Å². The lowest BCUT2D eigenvalue weighted by molar-refractivity contribution is -0.901. The molecule has 0 heterocycles. The van der Waals surface area contributed by atoms with Gasteiger partial charge in [-0.25, -0.2) is 0 Å². The molecular formula is C22H47NO2. The maximum Gasteiger partial charge on any atom is 0.101 e. The second-order valence-electron chi connectivity index (χ2n) is 8.48. The molecule has 0 aromatic heterocycles. The number of hydroxylamine groups is 2. The fourth-order valence-corrected chi connectivity index (χ4v) is 3.52. The summed E-state index contributed by atoms with van der Waals surface area (Å²) in [6.07, 6.45) is 21.6. The number of quaternary nitrogens is 1. The van der Waals surface area contributed by atoms with E-state index in [1.807, 2.05) is 13.8 Å². The summed E-state index contributed by atoms with van der Waals surface area (Å²) in [4.78, 5) is 0. The topological polar surface area (TPSA) is 47.7 Å². The van der Waals surface area contributed by atoms with Gasteiger partial charge in [0.25, 0.3) is 0 Å². The van der Waals surface area contributed by atoms with E-state index in [9.17, 15) is 5.21 Å². The Labute approximate surface area is 158 Å². The van der Waals surface area contributed by atoms with Crippen LogP contribution in [-0.2, 0) is 0 Å². The van der Waals surface area contributed by atoms with E-state index in [1.54, 1.807) is 0 Å². The lowest BCUT2D eigenvalue weighted by atomic mass is 9.95. The summed E-state index contributed by atoms with van der Waals surface area (Å²) < 4.78 is 0. The van der Waals surface area contributed by atoms with Gasteiger partial charge in [-0.1, -0.05) is 96.8 Å². The van der Waals surface area contributed by atoms with Gasteiger partial charge in [-0.2, -0.15) is 0 Å². The van der Waals surface area contributed by atoms with Gasteiger partial charge in [0, 0.05) is 6.42 Å². The fourth-order valence-electron chi connectivity index (χ4n) is 3.52. The van der Waals surface area contributed by atoms with Crippen molar-refractivity contribution < 1.29 is 10.2 Å². The standard InChI is InChI=1S/C22H47NO2/c1-4-5-6-7-8-9-10-11-12-13-14-15-16-17-18-19-22(2,3)23(25)20-21-24/h23-24H,4-21H2,1-3H3. The van der Waals surface area contributed by atoms with E-state index in [4.69, 9.17) is 5.11 Å². The molecule has 152 valence electrons. The van der Waals surface area contributed by atoms with E-state index in [0.29, 0.717) is 6.54 Å². The number of nitrogens with one attached hydrogen (secondary N) is 1. The van der Waals surface area contributed by atoms with Crippen LogP contribution in [-0.4, -0.2) is 23.8 Å². The molecule has 3 heteroatoms. The summed E-state index contributed by atoms with van der Waals surface area (Å²) in [5, 5.41) is 21.0. The van der Waals surface area contributed by atoms with Gasteiger partial charge in [0.2, 0.25) is 0 Å². The van der Waals surface area contributed by atoms with Crippen molar-refractivity contribution in [2.45, 2.75) is 129 Å². The molecule has 0 spiro atoms. The van der Waals surface area contributed by atoms with Crippen LogP contribution < -0.4 is 5.06 Å². The van der Waals surface area contributed by atoms with E-state index < -0.39 is 0 Å². The average Bonchev–Trinajstić information content (AvgIpc) is 2.58. The van der Waals surface area contributed by atoms with Crippen molar-refractivity contribution >= 4 is 0 Å². The third-order valence-corrected chi connectivity index (χ3v) is 5.50. The minimum atomic E-state index is -0.251. The van der Waals surface area contributed by atoms with Crippen LogP contribution in [0, 0.1) is 5.21 Å². The lowest BCUT2D eigenvalue weighted by Gasteiger charge is -2.38. The molecule has 1 atom stereocenters. The number of hydrogen-bond donors (Lipinski definition) is 2. The first-order valence-electron chi connectivity index (χ1n) is 11.2. The van der Waals surface area contributed by atoms with Gasteiger partial charge >= 0.3 is 0 Å². The van der Waals surface area contributed by atoms with Crippen LogP contribution in [0.1, 0.15) is 124 Å². The highest BCUT2D eigenvalue weighted by Gasteiger charge is 2.23. The number of rotatable bonds is 19. The van der Waals surface area contributed by atoms with Gasteiger partial charge in [0.1, 0.15) is 6.54 Å². The molecule has 0 saturated carbocycles. The zero-order chi connectivity index (χ0) is 18.8. The quantitative estimate of drug-likeness (QED) is 0.240. The zero-order valence-corrected chi connectivity index (χ0v) is 17.6. The second-order valence-corrected chi connectivity index (χ2v) is 8.48. The first-order valence-corrected chi connectivity index (χ1v) is 11.2. The number of aliphatic hydroxyl groups is 1. The minimum absolute atomic E-state index is 0.0128. The molecule has 0 saturated heterocycles. The Kier molecular flexibility index (Phi) is 17.2.